The van der Waals surface area contributed by atoms with Crippen LogP contribution in [0.2, 0.25) is 0 Å². The molecule has 0 aliphatic carbocycles. The molecule has 0 saturated carbocycles. The van der Waals surface area contributed by atoms with Crippen LogP contribution >= 0.6 is 0 Å². The van der Waals surface area contributed by atoms with Crippen LogP contribution in [0.15, 0.2) is 0 Å². The van der Waals surface area contributed by atoms with Crippen molar-refractivity contribution < 1.29 is 39.5 Å². The Morgan fingerprint density at radius 1 is 0.684 bits per heavy atom. The van der Waals surface area contributed by atoms with Gasteiger partial charge in [0.2, 0.25) is 0 Å². The summed E-state index contributed by atoms with van der Waals surface area (Å²) in [5.74, 6) is 0. The van der Waals surface area contributed by atoms with Crippen molar-refractivity contribution in [3.05, 3.63) is 0 Å². The molecule has 0 aromatic carbocycles. The van der Waals surface area contributed by atoms with Gasteiger partial charge in [-0.1, -0.05) is 0 Å². The van der Waals surface area contributed by atoms with E-state index < -0.39 is 0 Å². The molecule has 0 fully saturated rings. The lowest BCUT2D eigenvalue weighted by Crippen LogP contribution is -3.13. The van der Waals surface area contributed by atoms with Crippen LogP contribution < -0.4 is 4.90 Å². The molecule has 0 rings (SSSR count). The topological polar surface area (TPSA) is 102 Å². The van der Waals surface area contributed by atoms with Crippen molar-refractivity contribution in [2.24, 2.45) is 0 Å². The maximum atomic E-state index is 8.60. The van der Waals surface area contributed by atoms with Gasteiger partial charge in [-0.3, -0.25) is 0 Å². The maximum absolute atomic E-state index is 8.60. The molecule has 4 N–H and O–H groups in total. The van der Waals surface area contributed by atoms with Crippen molar-refractivity contribution in [1.82, 2.24) is 0 Å². The largest absolute Gasteiger partial charge is 0.394 e. The smallest absolute Gasteiger partial charge is 0.180 e. The molecule has 0 atom stereocenters. The molecular weight excluding hydrogens is 258 g/mol. The highest BCUT2D eigenvalue weighted by atomic mass is 17.1. The second-order valence-corrected chi connectivity index (χ2v) is 3.83. The summed E-state index contributed by atoms with van der Waals surface area (Å²) in [5, 5.41) is 25.3. The molecule has 0 amide bonds. The average Bonchev–Trinajstić information content (AvgIpc) is 2.43. The predicted octanol–water partition coefficient (Wildman–Crippen LogP) is -2.65. The number of ether oxygens (including phenoxy) is 3. The molecule has 0 aromatic heterocycles. The standard InChI is InChI=1S/C11H25NO7/c13-4-9-16-6-1-12(2-7-17-10-5-14)3-8-18-11-19-15/h13-15H,1-11H2/p+1. The molecule has 0 radical (unpaired) electrons. The van der Waals surface area contributed by atoms with E-state index in [-0.39, 0.29) is 20.0 Å². The van der Waals surface area contributed by atoms with E-state index in [2.05, 4.69) is 4.89 Å². The molecular formula is C11H26NO7+. The fourth-order valence-electron chi connectivity index (χ4n) is 1.45. The summed E-state index contributed by atoms with van der Waals surface area (Å²) in [6, 6.07) is 0. The molecule has 116 valence electrons. The Bertz CT molecular complexity index is 145. The number of aliphatic hydroxyl groups is 2. The monoisotopic (exact) mass is 284 g/mol. The minimum atomic E-state index is -0.144. The fraction of sp³-hybridized carbons (Fsp3) is 1.00. The molecule has 0 heterocycles. The minimum Gasteiger partial charge on any atom is -0.394 e. The Kier molecular flexibility index (Phi) is 15.5. The lowest BCUT2D eigenvalue weighted by atomic mass is 10.4. The van der Waals surface area contributed by atoms with Gasteiger partial charge in [-0.15, -0.1) is 0 Å². The van der Waals surface area contributed by atoms with Crippen LogP contribution in [0.3, 0.4) is 0 Å². The minimum absolute atomic E-state index is 0.0197. The summed E-state index contributed by atoms with van der Waals surface area (Å²) < 4.78 is 15.4. The van der Waals surface area contributed by atoms with E-state index in [4.69, 9.17) is 29.7 Å². The van der Waals surface area contributed by atoms with E-state index in [0.29, 0.717) is 33.0 Å². The number of hydrogen-bond donors (Lipinski definition) is 4. The third kappa shape index (κ3) is 13.9. The summed E-state index contributed by atoms with van der Waals surface area (Å²) in [6.07, 6.45) is 0. The number of quaternary nitrogens is 1. The molecule has 8 nitrogen and oxygen atoms in total. The van der Waals surface area contributed by atoms with E-state index in [1.165, 1.54) is 4.90 Å². The molecule has 0 bridgehead atoms. The third-order valence-electron chi connectivity index (χ3n) is 2.41. The van der Waals surface area contributed by atoms with Crippen molar-refractivity contribution in [2.75, 3.05) is 72.7 Å². The van der Waals surface area contributed by atoms with Crippen LogP contribution in [0.1, 0.15) is 0 Å². The van der Waals surface area contributed by atoms with Crippen LogP contribution in [-0.2, 0) is 19.1 Å². The number of rotatable bonds is 15. The second kappa shape index (κ2) is 15.7. The van der Waals surface area contributed by atoms with E-state index in [1.807, 2.05) is 0 Å². The first-order chi connectivity index (χ1) is 9.35. The van der Waals surface area contributed by atoms with Gasteiger partial charge in [0.15, 0.2) is 6.79 Å². The molecule has 0 saturated heterocycles. The van der Waals surface area contributed by atoms with Crippen molar-refractivity contribution in [2.45, 2.75) is 0 Å². The van der Waals surface area contributed by atoms with Gasteiger partial charge < -0.3 is 29.3 Å². The number of hydrogen-bond acceptors (Lipinski definition) is 7. The highest BCUT2D eigenvalue weighted by molar-refractivity contribution is 4.35. The third-order valence-corrected chi connectivity index (χ3v) is 2.41. The van der Waals surface area contributed by atoms with Crippen molar-refractivity contribution >= 4 is 0 Å². The van der Waals surface area contributed by atoms with Gasteiger partial charge in [0, 0.05) is 0 Å². The zero-order valence-electron chi connectivity index (χ0n) is 11.3. The van der Waals surface area contributed by atoms with E-state index >= 15 is 0 Å². The summed E-state index contributed by atoms with van der Waals surface area (Å²) in [5.41, 5.74) is 0. The summed E-state index contributed by atoms with van der Waals surface area (Å²) in [4.78, 5) is 5.03. The molecule has 0 unspecified atom stereocenters. The molecule has 0 spiro atoms. The number of aliphatic hydroxyl groups excluding tert-OH is 2. The van der Waals surface area contributed by atoms with Crippen LogP contribution in [-0.4, -0.2) is 88.1 Å². The Morgan fingerprint density at radius 2 is 1.16 bits per heavy atom. The zero-order chi connectivity index (χ0) is 14.2. The SMILES string of the molecule is OCCOCC[NH+](CCOCCO)CCOCOO. The van der Waals surface area contributed by atoms with Crippen molar-refractivity contribution in [3.8, 4) is 0 Å². The lowest BCUT2D eigenvalue weighted by molar-refractivity contribution is -0.901. The maximum Gasteiger partial charge on any atom is 0.180 e. The highest BCUT2D eigenvalue weighted by Crippen LogP contribution is 1.74. The summed E-state index contributed by atoms with van der Waals surface area (Å²) in [7, 11) is 0. The Balaban J connectivity index is 3.66. The van der Waals surface area contributed by atoms with Crippen molar-refractivity contribution in [1.29, 1.82) is 0 Å². The lowest BCUT2D eigenvalue weighted by Gasteiger charge is -2.19. The van der Waals surface area contributed by atoms with Crippen LogP contribution in [0.25, 0.3) is 0 Å². The summed E-state index contributed by atoms with van der Waals surface area (Å²) >= 11 is 0. The van der Waals surface area contributed by atoms with Gasteiger partial charge in [-0.2, -0.15) is 0 Å². The Hall–Kier alpha value is -0.320. The zero-order valence-corrected chi connectivity index (χ0v) is 11.3. The van der Waals surface area contributed by atoms with Crippen LogP contribution in [0.4, 0.5) is 0 Å². The Labute approximate surface area is 113 Å². The molecule has 8 heteroatoms. The molecule has 0 aliphatic rings. The second-order valence-electron chi connectivity index (χ2n) is 3.83. The molecule has 0 aliphatic heterocycles. The van der Waals surface area contributed by atoms with Crippen LogP contribution in [0, 0.1) is 0 Å². The number of nitrogens with one attached hydrogen (secondary N) is 1. The van der Waals surface area contributed by atoms with Gasteiger partial charge in [0.05, 0.1) is 46.2 Å². The quantitative estimate of drug-likeness (QED) is 0.113. The first kappa shape index (κ1) is 18.7. The Morgan fingerprint density at radius 3 is 1.58 bits per heavy atom. The first-order valence-electron chi connectivity index (χ1n) is 6.40. The van der Waals surface area contributed by atoms with Crippen LogP contribution in [0.5, 0.6) is 0 Å². The predicted molar refractivity (Wildman–Crippen MR) is 65.9 cm³/mol. The van der Waals surface area contributed by atoms with Gasteiger partial charge in [-0.25, -0.2) is 10.1 Å². The average molecular weight is 284 g/mol. The molecule has 19 heavy (non-hydrogen) atoms. The van der Waals surface area contributed by atoms with Crippen molar-refractivity contribution in [3.63, 3.8) is 0 Å². The van der Waals surface area contributed by atoms with Gasteiger partial charge >= 0.3 is 0 Å². The van der Waals surface area contributed by atoms with E-state index in [1.54, 1.807) is 0 Å². The van der Waals surface area contributed by atoms with Gasteiger partial charge in [-0.05, 0) is 0 Å². The van der Waals surface area contributed by atoms with E-state index in [9.17, 15) is 0 Å². The van der Waals surface area contributed by atoms with Gasteiger partial charge in [0.1, 0.15) is 19.6 Å². The summed E-state index contributed by atoms with van der Waals surface area (Å²) in [6.45, 7) is 4.39. The van der Waals surface area contributed by atoms with Gasteiger partial charge in [0.25, 0.3) is 0 Å². The molecule has 0 aromatic rings. The highest BCUT2D eigenvalue weighted by Gasteiger charge is 2.08. The normalized spacial score (nSPS) is 11.4. The first-order valence-corrected chi connectivity index (χ1v) is 6.40. The van der Waals surface area contributed by atoms with E-state index in [0.717, 1.165) is 19.6 Å². The fourth-order valence-corrected chi connectivity index (χ4v) is 1.45.